The molecule has 0 bridgehead atoms. The highest BCUT2D eigenvalue weighted by Gasteiger charge is 2.29. The molecule has 4 rings (SSSR count). The van der Waals surface area contributed by atoms with Crippen LogP contribution < -0.4 is 5.32 Å². The lowest BCUT2D eigenvalue weighted by molar-refractivity contribution is -0.126. The number of amides is 1. The van der Waals surface area contributed by atoms with E-state index in [9.17, 15) is 4.79 Å². The van der Waals surface area contributed by atoms with E-state index in [1.807, 2.05) is 29.8 Å². The SMILES string of the molecule is Cc1cc(C)n(Cc2cccc(CNC(=O)C(c3ccccc3)N3CCCC3)c2)n1. The largest absolute Gasteiger partial charge is 0.350 e. The first kappa shape index (κ1) is 20.4. The van der Waals surface area contributed by atoms with Gasteiger partial charge in [-0.2, -0.15) is 5.10 Å². The smallest absolute Gasteiger partial charge is 0.242 e. The van der Waals surface area contributed by atoms with Gasteiger partial charge < -0.3 is 5.32 Å². The van der Waals surface area contributed by atoms with Gasteiger partial charge in [-0.25, -0.2) is 0 Å². The number of nitrogens with one attached hydrogen (secondary N) is 1. The van der Waals surface area contributed by atoms with Crippen molar-refractivity contribution in [2.24, 2.45) is 0 Å². The van der Waals surface area contributed by atoms with E-state index in [1.54, 1.807) is 0 Å². The topological polar surface area (TPSA) is 50.2 Å². The van der Waals surface area contributed by atoms with E-state index < -0.39 is 0 Å². The molecule has 30 heavy (non-hydrogen) atoms. The fraction of sp³-hybridized carbons (Fsp3) is 0.360. The fourth-order valence-corrected chi connectivity index (χ4v) is 4.29. The number of hydrogen-bond donors (Lipinski definition) is 1. The van der Waals surface area contributed by atoms with Gasteiger partial charge in [0.1, 0.15) is 6.04 Å². The molecule has 5 nitrogen and oxygen atoms in total. The maximum atomic E-state index is 13.2. The summed E-state index contributed by atoms with van der Waals surface area (Å²) in [5, 5.41) is 7.73. The molecule has 156 valence electrons. The summed E-state index contributed by atoms with van der Waals surface area (Å²) < 4.78 is 2.02. The van der Waals surface area contributed by atoms with Crippen molar-refractivity contribution in [3.05, 3.63) is 88.7 Å². The number of nitrogens with zero attached hydrogens (tertiary/aromatic N) is 3. The molecule has 2 aromatic carbocycles. The zero-order chi connectivity index (χ0) is 20.9. The summed E-state index contributed by atoms with van der Waals surface area (Å²) in [6.45, 7) is 7.31. The van der Waals surface area contributed by atoms with Crippen molar-refractivity contribution in [1.29, 1.82) is 0 Å². The Labute approximate surface area is 178 Å². The van der Waals surface area contributed by atoms with E-state index in [-0.39, 0.29) is 11.9 Å². The molecule has 1 N–H and O–H groups in total. The standard InChI is InChI=1S/C25H30N4O/c1-19-15-20(2)29(27-19)18-22-10-8-9-21(16-22)17-26-25(30)24(28-13-6-7-14-28)23-11-4-3-5-12-23/h3-5,8-12,15-16,24H,6-7,13-14,17-18H2,1-2H3,(H,26,30). The molecular formula is C25H30N4O. The van der Waals surface area contributed by atoms with Gasteiger partial charge >= 0.3 is 0 Å². The Morgan fingerprint density at radius 3 is 2.43 bits per heavy atom. The monoisotopic (exact) mass is 402 g/mol. The first-order chi connectivity index (χ1) is 14.6. The van der Waals surface area contributed by atoms with E-state index in [0.29, 0.717) is 6.54 Å². The van der Waals surface area contributed by atoms with Crippen molar-refractivity contribution < 1.29 is 4.79 Å². The first-order valence-corrected chi connectivity index (χ1v) is 10.8. The molecule has 3 aromatic rings. The van der Waals surface area contributed by atoms with Gasteiger partial charge in [-0.15, -0.1) is 0 Å². The number of benzene rings is 2. The molecular weight excluding hydrogens is 372 g/mol. The lowest BCUT2D eigenvalue weighted by atomic mass is 10.0. The Morgan fingerprint density at radius 1 is 1.00 bits per heavy atom. The van der Waals surface area contributed by atoms with Crippen molar-refractivity contribution >= 4 is 5.91 Å². The zero-order valence-corrected chi connectivity index (χ0v) is 17.8. The van der Waals surface area contributed by atoms with Crippen LogP contribution in [-0.4, -0.2) is 33.7 Å². The highest BCUT2D eigenvalue weighted by molar-refractivity contribution is 5.83. The van der Waals surface area contributed by atoms with E-state index in [0.717, 1.165) is 55.0 Å². The van der Waals surface area contributed by atoms with Crippen LogP contribution in [0.2, 0.25) is 0 Å². The Hall–Kier alpha value is -2.92. The maximum absolute atomic E-state index is 13.2. The second-order valence-corrected chi connectivity index (χ2v) is 8.18. The maximum Gasteiger partial charge on any atom is 0.242 e. The molecule has 1 atom stereocenters. The normalized spacial score (nSPS) is 15.3. The molecule has 5 heteroatoms. The van der Waals surface area contributed by atoms with Crippen LogP contribution in [-0.2, 0) is 17.9 Å². The highest BCUT2D eigenvalue weighted by atomic mass is 16.2. The second kappa shape index (κ2) is 9.26. The molecule has 0 spiro atoms. The predicted molar refractivity (Wildman–Crippen MR) is 119 cm³/mol. The van der Waals surface area contributed by atoms with Gasteiger partial charge in [0, 0.05) is 12.2 Å². The Bertz CT molecular complexity index is 989. The predicted octanol–water partition coefficient (Wildman–Crippen LogP) is 4.00. The van der Waals surface area contributed by atoms with Crippen molar-refractivity contribution in [3.8, 4) is 0 Å². The highest BCUT2D eigenvalue weighted by Crippen LogP contribution is 2.25. The molecule has 0 saturated carbocycles. The van der Waals surface area contributed by atoms with Crippen LogP contribution in [0.4, 0.5) is 0 Å². The molecule has 1 amide bonds. The molecule has 1 saturated heterocycles. The van der Waals surface area contributed by atoms with Crippen molar-refractivity contribution in [1.82, 2.24) is 20.0 Å². The third-order valence-electron chi connectivity index (χ3n) is 5.76. The van der Waals surface area contributed by atoms with Gasteiger partial charge in [0.05, 0.1) is 12.2 Å². The minimum Gasteiger partial charge on any atom is -0.350 e. The van der Waals surface area contributed by atoms with Crippen LogP contribution in [0.3, 0.4) is 0 Å². The average molecular weight is 403 g/mol. The molecule has 0 aliphatic carbocycles. The van der Waals surface area contributed by atoms with Crippen LogP contribution in [0.25, 0.3) is 0 Å². The van der Waals surface area contributed by atoms with E-state index in [2.05, 4.69) is 64.7 Å². The van der Waals surface area contributed by atoms with Crippen LogP contribution in [0.1, 0.15) is 47.0 Å². The van der Waals surface area contributed by atoms with Gasteiger partial charge in [-0.3, -0.25) is 14.4 Å². The molecule has 1 fully saturated rings. The van der Waals surface area contributed by atoms with Gasteiger partial charge in [0.25, 0.3) is 0 Å². The molecule has 1 aliphatic heterocycles. The number of likely N-dealkylation sites (tertiary alicyclic amines) is 1. The zero-order valence-electron chi connectivity index (χ0n) is 17.8. The van der Waals surface area contributed by atoms with Crippen molar-refractivity contribution in [3.63, 3.8) is 0 Å². The molecule has 2 heterocycles. The minimum absolute atomic E-state index is 0.0760. The van der Waals surface area contributed by atoms with E-state index in [1.165, 1.54) is 5.56 Å². The molecule has 1 unspecified atom stereocenters. The number of hydrogen-bond acceptors (Lipinski definition) is 3. The Kier molecular flexibility index (Phi) is 6.29. The summed E-state index contributed by atoms with van der Waals surface area (Å²) in [5.74, 6) is 0.0760. The van der Waals surface area contributed by atoms with E-state index >= 15 is 0 Å². The summed E-state index contributed by atoms with van der Waals surface area (Å²) in [5.41, 5.74) is 5.55. The third-order valence-corrected chi connectivity index (χ3v) is 5.76. The molecule has 1 aliphatic rings. The summed E-state index contributed by atoms with van der Waals surface area (Å²) in [7, 11) is 0. The number of carbonyl (C=O) groups is 1. The van der Waals surface area contributed by atoms with Crippen LogP contribution in [0.5, 0.6) is 0 Å². The lowest BCUT2D eigenvalue weighted by Gasteiger charge is -2.27. The second-order valence-electron chi connectivity index (χ2n) is 8.18. The van der Waals surface area contributed by atoms with E-state index in [4.69, 9.17) is 0 Å². The van der Waals surface area contributed by atoms with Gasteiger partial charge in [-0.1, -0.05) is 54.6 Å². The molecule has 1 aromatic heterocycles. The number of carbonyl (C=O) groups excluding carboxylic acids is 1. The van der Waals surface area contributed by atoms with Crippen LogP contribution in [0, 0.1) is 13.8 Å². The van der Waals surface area contributed by atoms with Crippen molar-refractivity contribution in [2.75, 3.05) is 13.1 Å². The number of aryl methyl sites for hydroxylation is 2. The van der Waals surface area contributed by atoms with Crippen molar-refractivity contribution in [2.45, 2.75) is 45.8 Å². The average Bonchev–Trinajstić information content (AvgIpc) is 3.37. The summed E-state index contributed by atoms with van der Waals surface area (Å²) in [4.78, 5) is 15.5. The third kappa shape index (κ3) is 4.79. The van der Waals surface area contributed by atoms with Gasteiger partial charge in [-0.05, 0) is 62.5 Å². The Morgan fingerprint density at radius 2 is 1.73 bits per heavy atom. The number of rotatable bonds is 7. The lowest BCUT2D eigenvalue weighted by Crippen LogP contribution is -2.39. The first-order valence-electron chi connectivity index (χ1n) is 10.8. The quantitative estimate of drug-likeness (QED) is 0.650. The summed E-state index contributed by atoms with van der Waals surface area (Å²) >= 11 is 0. The Balaban J connectivity index is 1.44. The number of aromatic nitrogens is 2. The molecule has 0 radical (unpaired) electrons. The summed E-state index contributed by atoms with van der Waals surface area (Å²) in [6.07, 6.45) is 2.32. The van der Waals surface area contributed by atoms with Crippen LogP contribution >= 0.6 is 0 Å². The minimum atomic E-state index is -0.216. The van der Waals surface area contributed by atoms with Gasteiger partial charge in [0.2, 0.25) is 5.91 Å². The summed E-state index contributed by atoms with van der Waals surface area (Å²) in [6, 6.07) is 20.4. The van der Waals surface area contributed by atoms with Crippen LogP contribution in [0.15, 0.2) is 60.7 Å². The fourth-order valence-electron chi connectivity index (χ4n) is 4.29. The van der Waals surface area contributed by atoms with Gasteiger partial charge in [0.15, 0.2) is 0 Å².